The van der Waals surface area contributed by atoms with Gasteiger partial charge in [-0.1, -0.05) is 13.3 Å². The molecule has 0 radical (unpaired) electrons. The summed E-state index contributed by atoms with van der Waals surface area (Å²) in [4.78, 5) is 10.7. The van der Waals surface area contributed by atoms with Crippen molar-refractivity contribution in [3.63, 3.8) is 0 Å². The van der Waals surface area contributed by atoms with Crippen molar-refractivity contribution >= 4 is 5.97 Å². The standard InChI is InChI=1S/C10H18O3/c1-7(10(12)13)9-4-2-3-8(5-9)6-11/h7-9,11H,2-6H2,1H3,(H,12,13). The van der Waals surface area contributed by atoms with Gasteiger partial charge in [0.25, 0.3) is 0 Å². The molecule has 0 saturated heterocycles. The van der Waals surface area contributed by atoms with Crippen molar-refractivity contribution < 1.29 is 15.0 Å². The second-order valence-electron chi connectivity index (χ2n) is 4.10. The van der Waals surface area contributed by atoms with Crippen molar-refractivity contribution in [2.45, 2.75) is 32.6 Å². The first-order chi connectivity index (χ1) is 6.15. The Balaban J connectivity index is 2.46. The third-order valence-electron chi connectivity index (χ3n) is 3.18. The van der Waals surface area contributed by atoms with E-state index in [1.807, 2.05) is 0 Å². The number of hydrogen-bond donors (Lipinski definition) is 2. The van der Waals surface area contributed by atoms with Gasteiger partial charge in [-0.3, -0.25) is 4.79 Å². The molecule has 3 nitrogen and oxygen atoms in total. The lowest BCUT2D eigenvalue weighted by Crippen LogP contribution is -2.27. The molecule has 1 fully saturated rings. The highest BCUT2D eigenvalue weighted by Crippen LogP contribution is 2.33. The van der Waals surface area contributed by atoms with E-state index in [9.17, 15) is 4.79 Å². The maximum atomic E-state index is 10.7. The molecule has 0 heterocycles. The Morgan fingerprint density at radius 1 is 1.54 bits per heavy atom. The van der Waals surface area contributed by atoms with Gasteiger partial charge < -0.3 is 10.2 Å². The molecule has 1 aliphatic carbocycles. The van der Waals surface area contributed by atoms with E-state index in [-0.39, 0.29) is 18.4 Å². The van der Waals surface area contributed by atoms with E-state index in [1.165, 1.54) is 0 Å². The Bertz CT molecular complexity index is 179. The quantitative estimate of drug-likeness (QED) is 0.702. The molecule has 3 unspecified atom stereocenters. The van der Waals surface area contributed by atoms with E-state index < -0.39 is 5.97 Å². The maximum Gasteiger partial charge on any atom is 0.306 e. The summed E-state index contributed by atoms with van der Waals surface area (Å²) < 4.78 is 0. The molecule has 2 N–H and O–H groups in total. The van der Waals surface area contributed by atoms with Crippen LogP contribution in [0.5, 0.6) is 0 Å². The Hall–Kier alpha value is -0.570. The zero-order valence-electron chi connectivity index (χ0n) is 8.07. The summed E-state index contributed by atoms with van der Waals surface area (Å²) in [6.07, 6.45) is 4.00. The molecule has 0 amide bonds. The van der Waals surface area contributed by atoms with Crippen LogP contribution in [0, 0.1) is 17.8 Å². The highest BCUT2D eigenvalue weighted by atomic mass is 16.4. The number of aliphatic hydroxyl groups is 1. The van der Waals surface area contributed by atoms with Crippen LogP contribution in [0.2, 0.25) is 0 Å². The first-order valence-corrected chi connectivity index (χ1v) is 4.98. The summed E-state index contributed by atoms with van der Waals surface area (Å²) in [7, 11) is 0. The van der Waals surface area contributed by atoms with Gasteiger partial charge in [0.2, 0.25) is 0 Å². The highest BCUT2D eigenvalue weighted by Gasteiger charge is 2.29. The van der Waals surface area contributed by atoms with E-state index in [1.54, 1.807) is 6.92 Å². The Morgan fingerprint density at radius 2 is 2.23 bits per heavy atom. The van der Waals surface area contributed by atoms with E-state index >= 15 is 0 Å². The number of carboxylic acids is 1. The van der Waals surface area contributed by atoms with Gasteiger partial charge >= 0.3 is 5.97 Å². The molecule has 13 heavy (non-hydrogen) atoms. The first-order valence-electron chi connectivity index (χ1n) is 4.98. The lowest BCUT2D eigenvalue weighted by Gasteiger charge is -2.30. The Kier molecular flexibility index (Phi) is 3.72. The second-order valence-corrected chi connectivity index (χ2v) is 4.10. The molecule has 1 rings (SSSR count). The van der Waals surface area contributed by atoms with Gasteiger partial charge in [0.1, 0.15) is 0 Å². The molecule has 3 atom stereocenters. The SMILES string of the molecule is CC(C(=O)O)C1CCCC(CO)C1. The maximum absolute atomic E-state index is 10.7. The van der Waals surface area contributed by atoms with Crippen molar-refractivity contribution in [1.29, 1.82) is 0 Å². The fourth-order valence-corrected chi connectivity index (χ4v) is 2.15. The monoisotopic (exact) mass is 186 g/mol. The summed E-state index contributed by atoms with van der Waals surface area (Å²) in [6, 6.07) is 0. The fraction of sp³-hybridized carbons (Fsp3) is 0.900. The average molecular weight is 186 g/mol. The van der Waals surface area contributed by atoms with Gasteiger partial charge in [0, 0.05) is 6.61 Å². The van der Waals surface area contributed by atoms with Crippen molar-refractivity contribution in [2.75, 3.05) is 6.61 Å². The zero-order chi connectivity index (χ0) is 9.84. The van der Waals surface area contributed by atoms with Crippen LogP contribution >= 0.6 is 0 Å². The molecule has 3 heteroatoms. The highest BCUT2D eigenvalue weighted by molar-refractivity contribution is 5.69. The van der Waals surface area contributed by atoms with E-state index in [0.717, 1.165) is 25.7 Å². The molecule has 0 bridgehead atoms. The predicted molar refractivity (Wildman–Crippen MR) is 49.3 cm³/mol. The summed E-state index contributed by atoms with van der Waals surface area (Å²) >= 11 is 0. The van der Waals surface area contributed by atoms with Gasteiger partial charge in [0.15, 0.2) is 0 Å². The number of rotatable bonds is 3. The molecule has 0 aromatic carbocycles. The van der Waals surface area contributed by atoms with Crippen molar-refractivity contribution in [3.8, 4) is 0 Å². The third kappa shape index (κ3) is 2.69. The van der Waals surface area contributed by atoms with Crippen LogP contribution in [-0.2, 0) is 4.79 Å². The molecule has 1 aliphatic rings. The van der Waals surface area contributed by atoms with Crippen LogP contribution in [0.15, 0.2) is 0 Å². The van der Waals surface area contributed by atoms with Gasteiger partial charge in [-0.25, -0.2) is 0 Å². The van der Waals surface area contributed by atoms with Crippen LogP contribution in [0.25, 0.3) is 0 Å². The number of hydrogen-bond acceptors (Lipinski definition) is 2. The largest absolute Gasteiger partial charge is 0.481 e. The number of carbonyl (C=O) groups is 1. The number of aliphatic carboxylic acids is 1. The van der Waals surface area contributed by atoms with E-state index in [4.69, 9.17) is 10.2 Å². The number of aliphatic hydroxyl groups excluding tert-OH is 1. The minimum absolute atomic E-state index is 0.211. The van der Waals surface area contributed by atoms with Crippen molar-refractivity contribution in [3.05, 3.63) is 0 Å². The lowest BCUT2D eigenvalue weighted by molar-refractivity contribution is -0.143. The van der Waals surface area contributed by atoms with Crippen LogP contribution in [0.4, 0.5) is 0 Å². The Labute approximate surface area is 78.8 Å². The molecule has 0 spiro atoms. The average Bonchev–Trinajstić information content (AvgIpc) is 2.16. The molecule has 76 valence electrons. The van der Waals surface area contributed by atoms with Crippen LogP contribution in [-0.4, -0.2) is 22.8 Å². The molecule has 0 aliphatic heterocycles. The number of carboxylic acid groups (broad SMARTS) is 1. The van der Waals surface area contributed by atoms with Crippen molar-refractivity contribution in [1.82, 2.24) is 0 Å². The summed E-state index contributed by atoms with van der Waals surface area (Å²) in [5.41, 5.74) is 0. The zero-order valence-corrected chi connectivity index (χ0v) is 8.07. The summed E-state index contributed by atoms with van der Waals surface area (Å²) in [5, 5.41) is 17.8. The summed E-state index contributed by atoms with van der Waals surface area (Å²) in [6.45, 7) is 1.98. The van der Waals surface area contributed by atoms with Gasteiger partial charge in [-0.05, 0) is 31.1 Å². The van der Waals surface area contributed by atoms with Gasteiger partial charge in [-0.2, -0.15) is 0 Å². The fourth-order valence-electron chi connectivity index (χ4n) is 2.15. The molecular formula is C10H18O3. The van der Waals surface area contributed by atoms with E-state index in [2.05, 4.69) is 0 Å². The summed E-state index contributed by atoms with van der Waals surface area (Å²) in [5.74, 6) is -0.359. The van der Waals surface area contributed by atoms with E-state index in [0.29, 0.717) is 5.92 Å². The Morgan fingerprint density at radius 3 is 2.77 bits per heavy atom. The molecular weight excluding hydrogens is 168 g/mol. The predicted octanol–water partition coefficient (Wildman–Crippen LogP) is 1.51. The van der Waals surface area contributed by atoms with Gasteiger partial charge in [-0.15, -0.1) is 0 Å². The normalized spacial score (nSPS) is 31.2. The minimum atomic E-state index is -0.705. The third-order valence-corrected chi connectivity index (χ3v) is 3.18. The molecule has 1 saturated carbocycles. The minimum Gasteiger partial charge on any atom is -0.481 e. The second kappa shape index (κ2) is 4.61. The van der Waals surface area contributed by atoms with Crippen LogP contribution in [0.3, 0.4) is 0 Å². The van der Waals surface area contributed by atoms with Crippen LogP contribution < -0.4 is 0 Å². The molecule has 0 aromatic rings. The topological polar surface area (TPSA) is 57.5 Å². The lowest BCUT2D eigenvalue weighted by atomic mass is 9.76. The van der Waals surface area contributed by atoms with Gasteiger partial charge in [0.05, 0.1) is 5.92 Å². The first kappa shape index (κ1) is 10.5. The van der Waals surface area contributed by atoms with Crippen LogP contribution in [0.1, 0.15) is 32.6 Å². The molecule has 0 aromatic heterocycles. The van der Waals surface area contributed by atoms with Crippen molar-refractivity contribution in [2.24, 2.45) is 17.8 Å². The smallest absolute Gasteiger partial charge is 0.306 e.